The lowest BCUT2D eigenvalue weighted by Gasteiger charge is -2.07. The number of aromatic nitrogens is 3. The van der Waals surface area contributed by atoms with Gasteiger partial charge in [0.2, 0.25) is 0 Å². The van der Waals surface area contributed by atoms with Crippen molar-refractivity contribution in [3.05, 3.63) is 59.0 Å². The zero-order valence-corrected chi connectivity index (χ0v) is 12.8. The van der Waals surface area contributed by atoms with Gasteiger partial charge in [0.1, 0.15) is 5.52 Å². The second-order valence-electron chi connectivity index (χ2n) is 5.31. The second kappa shape index (κ2) is 5.74. The number of hydrogen-bond acceptors (Lipinski definition) is 3. The highest BCUT2D eigenvalue weighted by Gasteiger charge is 2.09. The number of benzene rings is 1. The van der Waals surface area contributed by atoms with Crippen molar-refractivity contribution in [2.24, 2.45) is 0 Å². The molecule has 0 spiro atoms. The maximum atomic E-state index is 6.00. The van der Waals surface area contributed by atoms with E-state index in [1.165, 1.54) is 0 Å². The standard InChI is InChI=1S/C16H17ClN4/c1-11(2)14-9-15-16(18-6-7-21(15)20-14)19-10-12-4-3-5-13(17)8-12/h3-9,11H,10H2,1-2H3,(H,18,19). The average molecular weight is 301 g/mol. The van der Waals surface area contributed by atoms with Crippen molar-refractivity contribution in [3.63, 3.8) is 0 Å². The third kappa shape index (κ3) is 3.00. The summed E-state index contributed by atoms with van der Waals surface area (Å²) in [7, 11) is 0. The molecule has 0 amide bonds. The van der Waals surface area contributed by atoms with Crippen LogP contribution in [0.2, 0.25) is 5.02 Å². The van der Waals surface area contributed by atoms with Gasteiger partial charge in [-0.2, -0.15) is 5.10 Å². The summed E-state index contributed by atoms with van der Waals surface area (Å²) < 4.78 is 1.86. The number of rotatable bonds is 4. The van der Waals surface area contributed by atoms with Gasteiger partial charge < -0.3 is 5.32 Å². The Labute approximate surface area is 128 Å². The lowest BCUT2D eigenvalue weighted by Crippen LogP contribution is -2.03. The topological polar surface area (TPSA) is 42.2 Å². The van der Waals surface area contributed by atoms with E-state index in [0.717, 1.165) is 27.6 Å². The van der Waals surface area contributed by atoms with Gasteiger partial charge >= 0.3 is 0 Å². The zero-order valence-electron chi connectivity index (χ0n) is 12.0. The molecular formula is C16H17ClN4. The first-order valence-corrected chi connectivity index (χ1v) is 7.34. The molecule has 1 aromatic carbocycles. The van der Waals surface area contributed by atoms with Gasteiger partial charge in [-0.05, 0) is 29.7 Å². The van der Waals surface area contributed by atoms with Gasteiger partial charge in [0, 0.05) is 24.0 Å². The Hall–Kier alpha value is -2.07. The second-order valence-corrected chi connectivity index (χ2v) is 5.75. The average Bonchev–Trinajstić information content (AvgIpc) is 2.90. The molecule has 0 aliphatic heterocycles. The minimum absolute atomic E-state index is 0.394. The van der Waals surface area contributed by atoms with E-state index in [0.29, 0.717) is 12.5 Å². The summed E-state index contributed by atoms with van der Waals surface area (Å²) in [6.45, 7) is 4.94. The lowest BCUT2D eigenvalue weighted by molar-refractivity contribution is 0.787. The maximum absolute atomic E-state index is 6.00. The van der Waals surface area contributed by atoms with Crippen LogP contribution in [0.15, 0.2) is 42.7 Å². The Morgan fingerprint density at radius 3 is 2.90 bits per heavy atom. The molecule has 108 valence electrons. The fraction of sp³-hybridized carbons (Fsp3) is 0.250. The first kappa shape index (κ1) is 13.9. The van der Waals surface area contributed by atoms with Crippen LogP contribution < -0.4 is 5.32 Å². The largest absolute Gasteiger partial charge is 0.364 e. The first-order valence-electron chi connectivity index (χ1n) is 6.96. The number of hydrogen-bond donors (Lipinski definition) is 1. The number of nitrogens with one attached hydrogen (secondary N) is 1. The van der Waals surface area contributed by atoms with Gasteiger partial charge in [-0.3, -0.25) is 0 Å². The molecule has 1 N–H and O–H groups in total. The third-order valence-corrected chi connectivity index (χ3v) is 3.58. The fourth-order valence-electron chi connectivity index (χ4n) is 2.19. The molecule has 0 unspecified atom stereocenters. The predicted molar refractivity (Wildman–Crippen MR) is 85.9 cm³/mol. The Balaban J connectivity index is 1.86. The molecule has 5 heteroatoms. The van der Waals surface area contributed by atoms with E-state index in [-0.39, 0.29) is 0 Å². The number of halogens is 1. The van der Waals surface area contributed by atoms with Crippen LogP contribution >= 0.6 is 11.6 Å². The number of fused-ring (bicyclic) bond motifs is 1. The van der Waals surface area contributed by atoms with E-state index in [2.05, 4.69) is 35.3 Å². The van der Waals surface area contributed by atoms with Crippen LogP contribution in [0, 0.1) is 0 Å². The Morgan fingerprint density at radius 1 is 1.29 bits per heavy atom. The number of nitrogens with zero attached hydrogens (tertiary/aromatic N) is 3. The lowest BCUT2D eigenvalue weighted by atomic mass is 10.1. The molecule has 21 heavy (non-hydrogen) atoms. The Kier molecular flexibility index (Phi) is 3.80. The van der Waals surface area contributed by atoms with Gasteiger partial charge in [0.15, 0.2) is 5.82 Å². The molecule has 2 aromatic heterocycles. The van der Waals surface area contributed by atoms with Crippen LogP contribution in [0.3, 0.4) is 0 Å². The molecule has 0 atom stereocenters. The van der Waals surface area contributed by atoms with E-state index in [4.69, 9.17) is 11.6 Å². The van der Waals surface area contributed by atoms with Crippen molar-refractivity contribution in [3.8, 4) is 0 Å². The van der Waals surface area contributed by atoms with Crippen LogP contribution in [-0.2, 0) is 6.54 Å². The van der Waals surface area contributed by atoms with Crippen LogP contribution in [-0.4, -0.2) is 14.6 Å². The van der Waals surface area contributed by atoms with Crippen LogP contribution in [0.1, 0.15) is 31.0 Å². The van der Waals surface area contributed by atoms with E-state index < -0.39 is 0 Å². The van der Waals surface area contributed by atoms with Crippen molar-refractivity contribution in [2.45, 2.75) is 26.3 Å². The van der Waals surface area contributed by atoms with Gasteiger partial charge in [-0.1, -0.05) is 37.6 Å². The van der Waals surface area contributed by atoms with Gasteiger partial charge in [0.25, 0.3) is 0 Å². The summed E-state index contributed by atoms with van der Waals surface area (Å²) in [6, 6.07) is 9.89. The van der Waals surface area contributed by atoms with Crippen molar-refractivity contribution in [2.75, 3.05) is 5.32 Å². The molecule has 2 heterocycles. The van der Waals surface area contributed by atoms with E-state index >= 15 is 0 Å². The molecule has 0 radical (unpaired) electrons. The first-order chi connectivity index (χ1) is 10.1. The Bertz CT molecular complexity index is 764. The highest BCUT2D eigenvalue weighted by atomic mass is 35.5. The van der Waals surface area contributed by atoms with E-state index in [9.17, 15) is 0 Å². The quantitative estimate of drug-likeness (QED) is 0.788. The monoisotopic (exact) mass is 300 g/mol. The molecular weight excluding hydrogens is 284 g/mol. The summed E-state index contributed by atoms with van der Waals surface area (Å²) in [6.07, 6.45) is 3.62. The maximum Gasteiger partial charge on any atom is 0.152 e. The van der Waals surface area contributed by atoms with Crippen LogP contribution in [0.4, 0.5) is 5.82 Å². The van der Waals surface area contributed by atoms with E-state index in [1.807, 2.05) is 35.0 Å². The van der Waals surface area contributed by atoms with Crippen LogP contribution in [0.25, 0.3) is 5.52 Å². The van der Waals surface area contributed by atoms with Gasteiger partial charge in [-0.25, -0.2) is 9.50 Å². The Morgan fingerprint density at radius 2 is 2.14 bits per heavy atom. The molecule has 0 bridgehead atoms. The SMILES string of the molecule is CC(C)c1cc2c(NCc3cccc(Cl)c3)nccn2n1. The van der Waals surface area contributed by atoms with Gasteiger partial charge in [0.05, 0.1) is 5.69 Å². The van der Waals surface area contributed by atoms with Crippen molar-refractivity contribution >= 4 is 22.9 Å². The highest BCUT2D eigenvalue weighted by Crippen LogP contribution is 2.20. The molecule has 0 fully saturated rings. The summed E-state index contributed by atoms with van der Waals surface area (Å²) in [5.74, 6) is 1.22. The summed E-state index contributed by atoms with van der Waals surface area (Å²) in [4.78, 5) is 4.41. The summed E-state index contributed by atoms with van der Waals surface area (Å²) in [5, 5.41) is 8.65. The van der Waals surface area contributed by atoms with Crippen molar-refractivity contribution in [1.82, 2.24) is 14.6 Å². The molecule has 0 aliphatic carbocycles. The van der Waals surface area contributed by atoms with Crippen LogP contribution in [0.5, 0.6) is 0 Å². The number of anilines is 1. The minimum Gasteiger partial charge on any atom is -0.364 e. The summed E-state index contributed by atoms with van der Waals surface area (Å²) >= 11 is 6.00. The molecule has 0 saturated heterocycles. The predicted octanol–water partition coefficient (Wildman–Crippen LogP) is 4.12. The zero-order chi connectivity index (χ0) is 14.8. The normalized spacial score (nSPS) is 11.2. The summed E-state index contributed by atoms with van der Waals surface area (Å²) in [5.41, 5.74) is 3.17. The minimum atomic E-state index is 0.394. The molecule has 4 nitrogen and oxygen atoms in total. The van der Waals surface area contributed by atoms with Crippen molar-refractivity contribution in [1.29, 1.82) is 0 Å². The molecule has 0 saturated carbocycles. The highest BCUT2D eigenvalue weighted by molar-refractivity contribution is 6.30. The van der Waals surface area contributed by atoms with E-state index in [1.54, 1.807) is 6.20 Å². The van der Waals surface area contributed by atoms with Crippen molar-refractivity contribution < 1.29 is 0 Å². The smallest absolute Gasteiger partial charge is 0.152 e. The fourth-order valence-corrected chi connectivity index (χ4v) is 2.40. The molecule has 3 rings (SSSR count). The molecule has 3 aromatic rings. The third-order valence-electron chi connectivity index (χ3n) is 3.35. The molecule has 0 aliphatic rings. The van der Waals surface area contributed by atoms with Gasteiger partial charge in [-0.15, -0.1) is 0 Å².